The van der Waals surface area contributed by atoms with Crippen LogP contribution in [0.2, 0.25) is 0 Å². The second kappa shape index (κ2) is 3.32. The Labute approximate surface area is 82.3 Å². The van der Waals surface area contributed by atoms with Crippen molar-refractivity contribution in [1.29, 1.82) is 0 Å². The highest BCUT2D eigenvalue weighted by Gasteiger charge is 2.14. The molecular formula is C9H15N5. The van der Waals surface area contributed by atoms with Crippen LogP contribution in [0.4, 0.5) is 5.82 Å². The van der Waals surface area contributed by atoms with Crippen LogP contribution in [0.15, 0.2) is 0 Å². The van der Waals surface area contributed by atoms with E-state index in [1.54, 1.807) is 0 Å². The number of H-pyrrole nitrogens is 1. The molecule has 0 saturated heterocycles. The highest BCUT2D eigenvalue weighted by atomic mass is 15.3. The molecule has 0 bridgehead atoms. The first-order valence-electron chi connectivity index (χ1n) is 4.97. The Morgan fingerprint density at radius 1 is 1.43 bits per heavy atom. The van der Waals surface area contributed by atoms with E-state index < -0.39 is 0 Å². The Morgan fingerprint density at radius 2 is 2.21 bits per heavy atom. The van der Waals surface area contributed by atoms with Gasteiger partial charge in [-0.2, -0.15) is 10.2 Å². The largest absolute Gasteiger partial charge is 0.383 e. The molecule has 5 nitrogen and oxygen atoms in total. The van der Waals surface area contributed by atoms with E-state index in [-0.39, 0.29) is 0 Å². The first-order valence-corrected chi connectivity index (χ1v) is 4.97. The topological polar surface area (TPSA) is 72.5 Å². The third-order valence-corrected chi connectivity index (χ3v) is 2.32. The molecule has 0 amide bonds. The van der Waals surface area contributed by atoms with Gasteiger partial charge in [0, 0.05) is 6.54 Å². The number of aryl methyl sites for hydroxylation is 2. The molecule has 2 aromatic rings. The van der Waals surface area contributed by atoms with E-state index in [0.717, 1.165) is 36.1 Å². The van der Waals surface area contributed by atoms with Gasteiger partial charge in [-0.15, -0.1) is 0 Å². The van der Waals surface area contributed by atoms with Crippen molar-refractivity contribution in [3.63, 3.8) is 0 Å². The van der Waals surface area contributed by atoms with Crippen LogP contribution in [0.1, 0.15) is 26.0 Å². The Balaban J connectivity index is 2.62. The zero-order valence-corrected chi connectivity index (χ0v) is 8.54. The Bertz CT molecular complexity index is 439. The van der Waals surface area contributed by atoms with Gasteiger partial charge in [0.2, 0.25) is 0 Å². The molecule has 0 unspecified atom stereocenters. The summed E-state index contributed by atoms with van der Waals surface area (Å²) in [4.78, 5) is 0. The van der Waals surface area contributed by atoms with Crippen LogP contribution in [-0.2, 0) is 13.0 Å². The fraction of sp³-hybridized carbons (Fsp3) is 0.556. The first-order chi connectivity index (χ1) is 6.77. The van der Waals surface area contributed by atoms with Gasteiger partial charge in [-0.25, -0.2) is 4.68 Å². The Kier molecular flexibility index (Phi) is 2.15. The SMILES string of the molecule is CCCn1nc(CC)c2c(N)[nH]nc21. The lowest BCUT2D eigenvalue weighted by molar-refractivity contribution is 0.606. The van der Waals surface area contributed by atoms with Crippen LogP contribution in [0, 0.1) is 0 Å². The molecule has 3 N–H and O–H groups in total. The van der Waals surface area contributed by atoms with Gasteiger partial charge >= 0.3 is 0 Å². The maximum Gasteiger partial charge on any atom is 0.182 e. The number of anilines is 1. The van der Waals surface area contributed by atoms with Crippen LogP contribution < -0.4 is 5.73 Å². The van der Waals surface area contributed by atoms with E-state index in [1.807, 2.05) is 4.68 Å². The number of rotatable bonds is 3. The molecule has 0 aliphatic heterocycles. The van der Waals surface area contributed by atoms with Gasteiger partial charge in [0.1, 0.15) is 5.82 Å². The summed E-state index contributed by atoms with van der Waals surface area (Å²) in [6.07, 6.45) is 1.93. The first kappa shape index (κ1) is 9.05. The van der Waals surface area contributed by atoms with Crippen molar-refractivity contribution in [2.75, 3.05) is 5.73 Å². The summed E-state index contributed by atoms with van der Waals surface area (Å²) in [5.74, 6) is 0.624. The van der Waals surface area contributed by atoms with Gasteiger partial charge in [0.15, 0.2) is 5.65 Å². The van der Waals surface area contributed by atoms with E-state index in [1.165, 1.54) is 0 Å². The average molecular weight is 193 g/mol. The van der Waals surface area contributed by atoms with Crippen LogP contribution in [-0.4, -0.2) is 20.0 Å². The molecule has 0 atom stereocenters. The Hall–Kier alpha value is -1.52. The number of hydrogen-bond donors (Lipinski definition) is 2. The van der Waals surface area contributed by atoms with E-state index in [0.29, 0.717) is 5.82 Å². The smallest absolute Gasteiger partial charge is 0.182 e. The molecule has 5 heteroatoms. The van der Waals surface area contributed by atoms with E-state index >= 15 is 0 Å². The van der Waals surface area contributed by atoms with Crippen LogP contribution in [0.5, 0.6) is 0 Å². The van der Waals surface area contributed by atoms with Crippen molar-refractivity contribution in [2.24, 2.45) is 0 Å². The average Bonchev–Trinajstić information content (AvgIpc) is 2.70. The normalized spacial score (nSPS) is 11.3. The zero-order valence-electron chi connectivity index (χ0n) is 8.54. The summed E-state index contributed by atoms with van der Waals surface area (Å²) in [5, 5.41) is 12.4. The van der Waals surface area contributed by atoms with Crippen LogP contribution in [0.3, 0.4) is 0 Å². The van der Waals surface area contributed by atoms with Gasteiger partial charge in [-0.05, 0) is 12.8 Å². The quantitative estimate of drug-likeness (QED) is 0.772. The predicted molar refractivity (Wildman–Crippen MR) is 56.0 cm³/mol. The van der Waals surface area contributed by atoms with Gasteiger partial charge in [-0.1, -0.05) is 13.8 Å². The van der Waals surface area contributed by atoms with Crippen molar-refractivity contribution in [2.45, 2.75) is 33.2 Å². The maximum atomic E-state index is 5.79. The van der Waals surface area contributed by atoms with Gasteiger partial charge in [0.05, 0.1) is 11.1 Å². The van der Waals surface area contributed by atoms with Crippen LogP contribution >= 0.6 is 0 Å². The molecule has 0 aliphatic carbocycles. The van der Waals surface area contributed by atoms with Crippen molar-refractivity contribution in [3.8, 4) is 0 Å². The number of nitrogen functional groups attached to an aromatic ring is 1. The number of hydrogen-bond acceptors (Lipinski definition) is 3. The van der Waals surface area contributed by atoms with Crippen molar-refractivity contribution < 1.29 is 0 Å². The predicted octanol–water partition coefficient (Wildman–Crippen LogP) is 1.31. The van der Waals surface area contributed by atoms with Gasteiger partial charge in [0.25, 0.3) is 0 Å². The third-order valence-electron chi connectivity index (χ3n) is 2.32. The molecule has 0 aliphatic rings. The summed E-state index contributed by atoms with van der Waals surface area (Å²) in [5.41, 5.74) is 7.69. The van der Waals surface area contributed by atoms with Gasteiger partial charge < -0.3 is 5.73 Å². The molecule has 2 heterocycles. The highest BCUT2D eigenvalue weighted by molar-refractivity contribution is 5.88. The monoisotopic (exact) mass is 193 g/mol. The molecular weight excluding hydrogens is 178 g/mol. The molecule has 0 radical (unpaired) electrons. The minimum Gasteiger partial charge on any atom is -0.383 e. The molecule has 76 valence electrons. The lowest BCUT2D eigenvalue weighted by atomic mass is 10.2. The number of nitrogens with zero attached hydrogens (tertiary/aromatic N) is 3. The second-order valence-corrected chi connectivity index (χ2v) is 3.36. The lowest BCUT2D eigenvalue weighted by Gasteiger charge is -1.96. The minimum atomic E-state index is 0.624. The highest BCUT2D eigenvalue weighted by Crippen LogP contribution is 2.22. The standard InChI is InChI=1S/C9H15N5/c1-3-5-14-9-7(6(4-2)13-14)8(10)11-12-9/h3-5H2,1-2H3,(H3,10,11,12). The molecule has 2 rings (SSSR count). The third kappa shape index (κ3) is 1.16. The minimum absolute atomic E-state index is 0.624. The summed E-state index contributed by atoms with van der Waals surface area (Å²) in [7, 11) is 0. The van der Waals surface area contributed by atoms with E-state index in [2.05, 4.69) is 29.1 Å². The number of aromatic nitrogens is 4. The number of nitrogens with two attached hydrogens (primary N) is 1. The second-order valence-electron chi connectivity index (χ2n) is 3.36. The fourth-order valence-corrected chi connectivity index (χ4v) is 1.67. The number of fused-ring (bicyclic) bond motifs is 1. The van der Waals surface area contributed by atoms with Crippen molar-refractivity contribution in [3.05, 3.63) is 5.69 Å². The molecule has 14 heavy (non-hydrogen) atoms. The zero-order chi connectivity index (χ0) is 10.1. The Morgan fingerprint density at radius 3 is 2.86 bits per heavy atom. The summed E-state index contributed by atoms with van der Waals surface area (Å²) in [6, 6.07) is 0. The van der Waals surface area contributed by atoms with Crippen molar-refractivity contribution >= 4 is 16.9 Å². The summed E-state index contributed by atoms with van der Waals surface area (Å²) < 4.78 is 1.92. The molecule has 0 fully saturated rings. The molecule has 2 aromatic heterocycles. The molecule has 0 aromatic carbocycles. The van der Waals surface area contributed by atoms with Crippen LogP contribution in [0.25, 0.3) is 11.0 Å². The maximum absolute atomic E-state index is 5.79. The van der Waals surface area contributed by atoms with Gasteiger partial charge in [-0.3, -0.25) is 5.10 Å². The van der Waals surface area contributed by atoms with Crippen molar-refractivity contribution in [1.82, 2.24) is 20.0 Å². The summed E-state index contributed by atoms with van der Waals surface area (Å²) >= 11 is 0. The summed E-state index contributed by atoms with van der Waals surface area (Å²) in [6.45, 7) is 5.08. The molecule has 0 spiro atoms. The number of aromatic amines is 1. The van der Waals surface area contributed by atoms with E-state index in [9.17, 15) is 0 Å². The van der Waals surface area contributed by atoms with E-state index in [4.69, 9.17) is 5.73 Å². The fourth-order valence-electron chi connectivity index (χ4n) is 1.67. The number of nitrogens with one attached hydrogen (secondary N) is 1. The molecule has 0 saturated carbocycles. The lowest BCUT2D eigenvalue weighted by Crippen LogP contribution is -2.00.